The molecule has 0 aliphatic rings. The van der Waals surface area contributed by atoms with E-state index in [9.17, 15) is 4.79 Å². The Hall–Kier alpha value is -1.62. The summed E-state index contributed by atoms with van der Waals surface area (Å²) in [6.45, 7) is 6.05. The molecule has 0 saturated carbocycles. The van der Waals surface area contributed by atoms with Crippen LogP contribution in [0, 0.1) is 13.8 Å². The van der Waals surface area contributed by atoms with Crippen LogP contribution in [-0.4, -0.2) is 33.4 Å². The van der Waals surface area contributed by atoms with Gasteiger partial charge in [-0.1, -0.05) is 0 Å². The Kier molecular flexibility index (Phi) is 5.09. The molecular formula is C13H21N3O2. The number of hydrogen-bond acceptors (Lipinski definition) is 3. The zero-order valence-electron chi connectivity index (χ0n) is 11.4. The highest BCUT2D eigenvalue weighted by molar-refractivity contribution is 5.91. The predicted molar refractivity (Wildman–Crippen MR) is 71.0 cm³/mol. The fourth-order valence-electron chi connectivity index (χ4n) is 1.65. The summed E-state index contributed by atoms with van der Waals surface area (Å²) in [7, 11) is 1.88. The SMILES string of the molecule is Cc1nn(C)c(C)c1C=CC(=O)NCCC(C)O. The summed E-state index contributed by atoms with van der Waals surface area (Å²) in [5.74, 6) is -0.154. The molecule has 0 aliphatic carbocycles. The quantitative estimate of drug-likeness (QED) is 0.765. The number of aryl methyl sites for hydroxylation is 2. The smallest absolute Gasteiger partial charge is 0.244 e. The number of amides is 1. The van der Waals surface area contributed by atoms with Gasteiger partial charge in [0.2, 0.25) is 5.91 Å². The summed E-state index contributed by atoms with van der Waals surface area (Å²) < 4.78 is 1.79. The molecule has 100 valence electrons. The third kappa shape index (κ3) is 4.00. The van der Waals surface area contributed by atoms with Crippen molar-refractivity contribution >= 4 is 12.0 Å². The van der Waals surface area contributed by atoms with E-state index in [1.54, 1.807) is 17.7 Å². The van der Waals surface area contributed by atoms with Crippen molar-refractivity contribution in [1.82, 2.24) is 15.1 Å². The molecule has 1 atom stereocenters. The fourth-order valence-corrected chi connectivity index (χ4v) is 1.65. The van der Waals surface area contributed by atoms with Crippen LogP contribution in [0.4, 0.5) is 0 Å². The summed E-state index contributed by atoms with van der Waals surface area (Å²) in [4.78, 5) is 11.5. The molecule has 1 amide bonds. The monoisotopic (exact) mass is 251 g/mol. The molecule has 1 aromatic heterocycles. The summed E-state index contributed by atoms with van der Waals surface area (Å²) in [5, 5.41) is 16.1. The van der Waals surface area contributed by atoms with Gasteiger partial charge in [0.25, 0.3) is 0 Å². The molecule has 1 rings (SSSR count). The minimum absolute atomic E-state index is 0.154. The first-order valence-corrected chi connectivity index (χ1v) is 6.06. The van der Waals surface area contributed by atoms with Crippen LogP contribution in [0.2, 0.25) is 0 Å². The van der Waals surface area contributed by atoms with Crippen molar-refractivity contribution < 1.29 is 9.90 Å². The summed E-state index contributed by atoms with van der Waals surface area (Å²) in [6, 6.07) is 0. The average molecular weight is 251 g/mol. The van der Waals surface area contributed by atoms with Crippen molar-refractivity contribution in [2.75, 3.05) is 6.54 Å². The lowest BCUT2D eigenvalue weighted by atomic mass is 10.2. The Morgan fingerprint density at radius 1 is 1.56 bits per heavy atom. The zero-order chi connectivity index (χ0) is 13.7. The standard InChI is InChI=1S/C13H21N3O2/c1-9(17)7-8-14-13(18)6-5-12-10(2)15-16(4)11(12)3/h5-6,9,17H,7-8H2,1-4H3,(H,14,18). The summed E-state index contributed by atoms with van der Waals surface area (Å²) >= 11 is 0. The Labute approximate surface area is 108 Å². The molecule has 0 radical (unpaired) electrons. The van der Waals surface area contributed by atoms with Crippen LogP contribution in [0.3, 0.4) is 0 Å². The van der Waals surface area contributed by atoms with Gasteiger partial charge in [-0.05, 0) is 33.3 Å². The minimum atomic E-state index is -0.392. The minimum Gasteiger partial charge on any atom is -0.393 e. The van der Waals surface area contributed by atoms with Gasteiger partial charge in [0.15, 0.2) is 0 Å². The van der Waals surface area contributed by atoms with E-state index >= 15 is 0 Å². The van der Waals surface area contributed by atoms with Crippen molar-refractivity contribution in [3.63, 3.8) is 0 Å². The van der Waals surface area contributed by atoms with Gasteiger partial charge in [0, 0.05) is 30.9 Å². The Morgan fingerprint density at radius 2 is 2.22 bits per heavy atom. The van der Waals surface area contributed by atoms with E-state index in [1.165, 1.54) is 6.08 Å². The highest BCUT2D eigenvalue weighted by atomic mass is 16.3. The second-order valence-corrected chi connectivity index (χ2v) is 4.47. The lowest BCUT2D eigenvalue weighted by molar-refractivity contribution is -0.116. The molecule has 0 saturated heterocycles. The van der Waals surface area contributed by atoms with E-state index < -0.39 is 6.10 Å². The van der Waals surface area contributed by atoms with E-state index in [2.05, 4.69) is 10.4 Å². The normalized spacial score (nSPS) is 12.9. The lowest BCUT2D eigenvalue weighted by Crippen LogP contribution is -2.24. The number of aliphatic hydroxyl groups excluding tert-OH is 1. The van der Waals surface area contributed by atoms with Gasteiger partial charge in [0.05, 0.1) is 11.8 Å². The summed E-state index contributed by atoms with van der Waals surface area (Å²) in [6.07, 6.45) is 3.44. The number of nitrogens with one attached hydrogen (secondary N) is 1. The number of carbonyl (C=O) groups excluding carboxylic acids is 1. The zero-order valence-corrected chi connectivity index (χ0v) is 11.4. The van der Waals surface area contributed by atoms with Gasteiger partial charge < -0.3 is 10.4 Å². The van der Waals surface area contributed by atoms with Crippen molar-refractivity contribution in [2.45, 2.75) is 33.3 Å². The van der Waals surface area contributed by atoms with Crippen LogP contribution in [0.15, 0.2) is 6.08 Å². The van der Waals surface area contributed by atoms with Crippen LogP contribution >= 0.6 is 0 Å². The molecule has 5 heteroatoms. The van der Waals surface area contributed by atoms with Crippen molar-refractivity contribution in [3.05, 3.63) is 23.0 Å². The Morgan fingerprint density at radius 3 is 2.72 bits per heavy atom. The molecule has 5 nitrogen and oxygen atoms in total. The second-order valence-electron chi connectivity index (χ2n) is 4.47. The van der Waals surface area contributed by atoms with Crippen LogP contribution < -0.4 is 5.32 Å². The maximum atomic E-state index is 11.5. The number of nitrogens with zero attached hydrogens (tertiary/aromatic N) is 2. The van der Waals surface area contributed by atoms with E-state index in [0.717, 1.165) is 17.0 Å². The highest BCUT2D eigenvalue weighted by Crippen LogP contribution is 2.13. The average Bonchev–Trinajstić information content (AvgIpc) is 2.50. The molecule has 0 aromatic carbocycles. The van der Waals surface area contributed by atoms with Gasteiger partial charge in [0.1, 0.15) is 0 Å². The van der Waals surface area contributed by atoms with Gasteiger partial charge in [-0.15, -0.1) is 0 Å². The molecule has 0 spiro atoms. The maximum absolute atomic E-state index is 11.5. The first kappa shape index (κ1) is 14.4. The fraction of sp³-hybridized carbons (Fsp3) is 0.538. The van der Waals surface area contributed by atoms with Crippen LogP contribution in [0.1, 0.15) is 30.3 Å². The first-order chi connectivity index (χ1) is 8.41. The van der Waals surface area contributed by atoms with Gasteiger partial charge in [-0.2, -0.15) is 5.10 Å². The molecule has 18 heavy (non-hydrogen) atoms. The largest absolute Gasteiger partial charge is 0.393 e. The van der Waals surface area contributed by atoms with Crippen molar-refractivity contribution in [1.29, 1.82) is 0 Å². The third-order valence-electron chi connectivity index (χ3n) is 2.83. The molecule has 1 unspecified atom stereocenters. The van der Waals surface area contributed by atoms with Gasteiger partial charge in [-0.25, -0.2) is 0 Å². The van der Waals surface area contributed by atoms with Crippen molar-refractivity contribution in [3.8, 4) is 0 Å². The van der Waals surface area contributed by atoms with Crippen LogP contribution in [0.5, 0.6) is 0 Å². The van der Waals surface area contributed by atoms with Crippen LogP contribution in [-0.2, 0) is 11.8 Å². The van der Waals surface area contributed by atoms with Gasteiger partial charge in [-0.3, -0.25) is 9.48 Å². The molecule has 1 heterocycles. The van der Waals surface area contributed by atoms with Crippen molar-refractivity contribution in [2.24, 2.45) is 7.05 Å². The second kappa shape index (κ2) is 6.35. The van der Waals surface area contributed by atoms with Crippen LogP contribution in [0.25, 0.3) is 6.08 Å². The Balaban J connectivity index is 2.56. The first-order valence-electron chi connectivity index (χ1n) is 6.06. The molecule has 0 bridgehead atoms. The molecular weight excluding hydrogens is 230 g/mol. The number of aliphatic hydroxyl groups is 1. The van der Waals surface area contributed by atoms with Gasteiger partial charge >= 0.3 is 0 Å². The number of aromatic nitrogens is 2. The van der Waals surface area contributed by atoms with E-state index in [1.807, 2.05) is 20.9 Å². The maximum Gasteiger partial charge on any atom is 0.244 e. The third-order valence-corrected chi connectivity index (χ3v) is 2.83. The number of rotatable bonds is 5. The van der Waals surface area contributed by atoms with E-state index in [-0.39, 0.29) is 5.91 Å². The Bertz CT molecular complexity index is 447. The topological polar surface area (TPSA) is 67.2 Å². The lowest BCUT2D eigenvalue weighted by Gasteiger charge is -2.03. The van der Waals surface area contributed by atoms with E-state index in [0.29, 0.717) is 13.0 Å². The molecule has 1 aromatic rings. The predicted octanol–water partition coefficient (Wildman–Crippen LogP) is 0.937. The number of hydrogen-bond donors (Lipinski definition) is 2. The number of carbonyl (C=O) groups is 1. The molecule has 0 fully saturated rings. The molecule has 0 aliphatic heterocycles. The molecule has 2 N–H and O–H groups in total. The summed E-state index contributed by atoms with van der Waals surface area (Å²) in [5.41, 5.74) is 2.91. The highest BCUT2D eigenvalue weighted by Gasteiger charge is 2.06. The van der Waals surface area contributed by atoms with E-state index in [4.69, 9.17) is 5.11 Å².